The van der Waals surface area contributed by atoms with Gasteiger partial charge in [-0.3, -0.25) is 19.7 Å². The van der Waals surface area contributed by atoms with Crippen molar-refractivity contribution < 1.29 is 13.2 Å². The lowest BCUT2D eigenvalue weighted by molar-refractivity contribution is -0.110. The molecule has 192 valence electrons. The molecule has 38 heavy (non-hydrogen) atoms. The van der Waals surface area contributed by atoms with E-state index in [-0.39, 0.29) is 16.5 Å². The molecule has 0 aliphatic rings. The van der Waals surface area contributed by atoms with Gasteiger partial charge in [0.25, 0.3) is 21.5 Å². The number of nitriles is 1. The fourth-order valence-corrected chi connectivity index (χ4v) is 4.33. The molecule has 2 aromatic carbocycles. The lowest BCUT2D eigenvalue weighted by Crippen LogP contribution is -2.27. The monoisotopic (exact) mass is 531 g/mol. The normalized spacial score (nSPS) is 11.4. The summed E-state index contributed by atoms with van der Waals surface area (Å²) in [6.07, 6.45) is 2.80. The Morgan fingerprint density at radius 3 is 2.32 bits per heavy atom. The molecule has 0 unspecified atom stereocenters. The minimum absolute atomic E-state index is 0.00811. The van der Waals surface area contributed by atoms with Crippen LogP contribution in [0.5, 0.6) is 0 Å². The Bertz CT molecular complexity index is 1700. The summed E-state index contributed by atoms with van der Waals surface area (Å²) in [5.74, 6) is -0.967. The second-order valence-electron chi connectivity index (χ2n) is 7.78. The molecule has 0 saturated heterocycles. The van der Waals surface area contributed by atoms with Gasteiger partial charge in [-0.15, -0.1) is 0 Å². The van der Waals surface area contributed by atoms with Gasteiger partial charge in [0, 0.05) is 19.4 Å². The average Bonchev–Trinajstić information content (AvgIpc) is 3.13. The Labute approximate surface area is 217 Å². The first-order chi connectivity index (χ1) is 18.2. The van der Waals surface area contributed by atoms with Crippen LogP contribution in [0.2, 0.25) is 0 Å². The van der Waals surface area contributed by atoms with Crippen LogP contribution < -0.4 is 21.0 Å². The predicted octanol–water partition coefficient (Wildman–Crippen LogP) is 2.01. The highest BCUT2D eigenvalue weighted by Crippen LogP contribution is 2.17. The molecule has 2 aromatic heterocycles. The molecular formula is C24H21N9O4S. The summed E-state index contributed by atoms with van der Waals surface area (Å²) < 4.78 is 30.2. The maximum atomic E-state index is 13.0. The number of carbonyl (C=O) groups is 1. The van der Waals surface area contributed by atoms with Gasteiger partial charge in [0.1, 0.15) is 11.8 Å². The third kappa shape index (κ3) is 5.42. The van der Waals surface area contributed by atoms with Gasteiger partial charge in [0.05, 0.1) is 22.0 Å². The summed E-state index contributed by atoms with van der Waals surface area (Å²) in [6, 6.07) is 17.5. The van der Waals surface area contributed by atoms with E-state index in [1.165, 1.54) is 41.3 Å². The van der Waals surface area contributed by atoms with Crippen LogP contribution in [0.15, 0.2) is 87.8 Å². The number of nitrogens with one attached hydrogen (secondary N) is 3. The molecule has 4 aromatic rings. The van der Waals surface area contributed by atoms with Gasteiger partial charge in [-0.1, -0.05) is 18.2 Å². The van der Waals surface area contributed by atoms with Gasteiger partial charge >= 0.3 is 0 Å². The minimum Gasteiger partial charge on any atom is -0.314 e. The van der Waals surface area contributed by atoms with Crippen LogP contribution in [0.3, 0.4) is 0 Å². The molecule has 1 amide bonds. The van der Waals surface area contributed by atoms with Gasteiger partial charge in [0.15, 0.2) is 0 Å². The number of nitrogens with zero attached hydrogens (tertiary/aromatic N) is 6. The summed E-state index contributed by atoms with van der Waals surface area (Å²) in [6.45, 7) is 1.66. The lowest BCUT2D eigenvalue weighted by Gasteiger charge is -2.07. The molecule has 14 heteroatoms. The van der Waals surface area contributed by atoms with Crippen molar-refractivity contribution in [1.29, 1.82) is 5.26 Å². The zero-order valence-electron chi connectivity index (χ0n) is 20.2. The van der Waals surface area contributed by atoms with Gasteiger partial charge in [0.2, 0.25) is 11.7 Å². The van der Waals surface area contributed by atoms with Crippen LogP contribution in [0.25, 0.3) is 5.69 Å². The smallest absolute Gasteiger partial charge is 0.295 e. The molecular weight excluding hydrogens is 510 g/mol. The second-order valence-corrected chi connectivity index (χ2v) is 9.46. The second kappa shape index (κ2) is 10.8. The van der Waals surface area contributed by atoms with E-state index in [0.29, 0.717) is 17.1 Å². The van der Waals surface area contributed by atoms with Crippen LogP contribution in [0.1, 0.15) is 5.69 Å². The van der Waals surface area contributed by atoms with Gasteiger partial charge in [-0.05, 0) is 49.4 Å². The lowest BCUT2D eigenvalue weighted by atomic mass is 10.3. The Morgan fingerprint density at radius 1 is 1.03 bits per heavy atom. The van der Waals surface area contributed by atoms with Crippen molar-refractivity contribution in [3.63, 3.8) is 0 Å². The highest BCUT2D eigenvalue weighted by atomic mass is 32.2. The van der Waals surface area contributed by atoms with Gasteiger partial charge < -0.3 is 5.32 Å². The number of hydrogen-bond donors (Lipinski definition) is 3. The van der Waals surface area contributed by atoms with Gasteiger partial charge in [-0.25, -0.2) is 27.8 Å². The molecule has 3 N–H and O–H groups in total. The quantitative estimate of drug-likeness (QED) is 0.228. The topological polar surface area (TPSA) is 176 Å². The van der Waals surface area contributed by atoms with E-state index in [0.717, 1.165) is 0 Å². The minimum atomic E-state index is -3.93. The van der Waals surface area contributed by atoms with Crippen molar-refractivity contribution in [2.45, 2.75) is 11.8 Å². The van der Waals surface area contributed by atoms with Crippen LogP contribution in [0, 0.1) is 18.3 Å². The van der Waals surface area contributed by atoms with Crippen molar-refractivity contribution >= 4 is 39.0 Å². The summed E-state index contributed by atoms with van der Waals surface area (Å²) in [5.41, 5.74) is 2.92. The molecule has 2 heterocycles. The fourth-order valence-electron chi connectivity index (χ4n) is 3.37. The standard InChI is InChI=1S/C24H21N9O4S/c1-16-21(23(35)33(32(16)2)18-7-4-3-5-8-18)28-22(34)20(15-25)30-29-17-9-11-19(12-10-17)38(36,37)31-24-26-13-6-14-27-24/h3-14,29H,1-2H3,(H,28,34)(H,26,27,31)/b30-20-. The third-order valence-corrected chi connectivity index (χ3v) is 6.71. The molecule has 0 bridgehead atoms. The van der Waals surface area contributed by atoms with Gasteiger partial charge in [-0.2, -0.15) is 10.4 Å². The number of rotatable bonds is 8. The third-order valence-electron chi connectivity index (χ3n) is 5.37. The zero-order valence-corrected chi connectivity index (χ0v) is 21.0. The van der Waals surface area contributed by atoms with Crippen molar-refractivity contribution in [1.82, 2.24) is 19.3 Å². The Morgan fingerprint density at radius 2 is 1.68 bits per heavy atom. The number of sulfonamides is 1. The van der Waals surface area contributed by atoms with E-state index < -0.39 is 27.2 Å². The van der Waals surface area contributed by atoms with Crippen LogP contribution >= 0.6 is 0 Å². The Hall–Kier alpha value is -5.29. The van der Waals surface area contributed by atoms with Crippen molar-refractivity contribution in [2.24, 2.45) is 12.1 Å². The Kier molecular flexibility index (Phi) is 7.31. The Balaban J connectivity index is 1.48. The molecule has 0 spiro atoms. The zero-order chi connectivity index (χ0) is 27.3. The number of hydrogen-bond acceptors (Lipinski definition) is 9. The van der Waals surface area contributed by atoms with E-state index in [9.17, 15) is 23.3 Å². The number of amides is 1. The number of para-hydroxylation sites is 1. The van der Waals surface area contributed by atoms with E-state index in [4.69, 9.17) is 0 Å². The first-order valence-corrected chi connectivity index (χ1v) is 12.5. The fraction of sp³-hybridized carbons (Fsp3) is 0.0833. The molecule has 0 atom stereocenters. The average molecular weight is 532 g/mol. The molecule has 0 aliphatic heterocycles. The number of carbonyl (C=O) groups excluding carboxylic acids is 1. The van der Waals surface area contributed by atoms with E-state index in [1.54, 1.807) is 55.1 Å². The SMILES string of the molecule is Cc1c(NC(=O)/C(C#N)=N\Nc2ccc(S(=O)(=O)Nc3ncccn3)cc2)c(=O)n(-c2ccccc2)n1C. The summed E-state index contributed by atoms with van der Waals surface area (Å²) in [5, 5.41) is 15.7. The van der Waals surface area contributed by atoms with E-state index in [2.05, 4.69) is 30.5 Å². The predicted molar refractivity (Wildman–Crippen MR) is 140 cm³/mol. The number of aromatic nitrogens is 4. The summed E-state index contributed by atoms with van der Waals surface area (Å²) in [7, 11) is -2.26. The van der Waals surface area contributed by atoms with Crippen LogP contribution in [0.4, 0.5) is 17.3 Å². The first kappa shape index (κ1) is 25.8. The maximum absolute atomic E-state index is 13.0. The molecule has 13 nitrogen and oxygen atoms in total. The molecule has 0 saturated carbocycles. The van der Waals surface area contributed by atoms with Crippen LogP contribution in [-0.2, 0) is 21.9 Å². The molecule has 0 radical (unpaired) electrons. The highest BCUT2D eigenvalue weighted by molar-refractivity contribution is 7.92. The maximum Gasteiger partial charge on any atom is 0.295 e. The summed E-state index contributed by atoms with van der Waals surface area (Å²) >= 11 is 0. The molecule has 4 rings (SSSR count). The largest absolute Gasteiger partial charge is 0.314 e. The first-order valence-electron chi connectivity index (χ1n) is 11.0. The van der Waals surface area contributed by atoms with Crippen LogP contribution in [-0.4, -0.2) is 39.4 Å². The molecule has 0 aliphatic carbocycles. The van der Waals surface area contributed by atoms with Crippen molar-refractivity contribution in [3.8, 4) is 11.8 Å². The molecule has 0 fully saturated rings. The summed E-state index contributed by atoms with van der Waals surface area (Å²) in [4.78, 5) is 33.3. The number of benzene rings is 2. The van der Waals surface area contributed by atoms with E-state index in [1.807, 2.05) is 6.07 Å². The highest BCUT2D eigenvalue weighted by Gasteiger charge is 2.21. The van der Waals surface area contributed by atoms with E-state index >= 15 is 0 Å². The number of hydrazone groups is 1. The van der Waals surface area contributed by atoms with Crippen molar-refractivity contribution in [3.05, 3.63) is 89.1 Å². The van der Waals surface area contributed by atoms with Crippen molar-refractivity contribution in [2.75, 3.05) is 15.5 Å². The number of anilines is 3.